The minimum absolute atomic E-state index is 0.110. The van der Waals surface area contributed by atoms with E-state index in [9.17, 15) is 17.6 Å². The Morgan fingerprint density at radius 2 is 2.08 bits per heavy atom. The Hall–Kier alpha value is -1.55. The van der Waals surface area contributed by atoms with E-state index in [1.807, 2.05) is 0 Å². The average Bonchev–Trinajstić information content (AvgIpc) is 2.55. The minimum Gasteiger partial charge on any atom is -0.379 e. The topological polar surface area (TPSA) is 102 Å². The van der Waals surface area contributed by atoms with Crippen LogP contribution in [-0.2, 0) is 19.6 Å². The molecule has 0 aliphatic carbocycles. The normalized spacial score (nSPS) is 17.5. The first-order valence-electron chi connectivity index (χ1n) is 7.73. The van der Waals surface area contributed by atoms with E-state index in [-0.39, 0.29) is 50.4 Å². The first-order valence-corrected chi connectivity index (χ1v) is 9.17. The van der Waals surface area contributed by atoms with E-state index in [4.69, 9.17) is 10.5 Å². The number of sulfonamides is 1. The summed E-state index contributed by atoms with van der Waals surface area (Å²) < 4.78 is 45.5. The third-order valence-corrected chi connectivity index (χ3v) is 5.54. The van der Waals surface area contributed by atoms with Crippen molar-refractivity contribution in [2.75, 3.05) is 31.6 Å². The summed E-state index contributed by atoms with van der Waals surface area (Å²) in [5, 5.41) is 2.57. The van der Waals surface area contributed by atoms with Crippen LogP contribution >= 0.6 is 0 Å². The minimum atomic E-state index is -3.97. The molecule has 1 aromatic carbocycles. The van der Waals surface area contributed by atoms with Gasteiger partial charge in [0.05, 0.1) is 13.2 Å². The molecule has 0 spiro atoms. The second-order valence-corrected chi connectivity index (χ2v) is 7.63. The Kier molecular flexibility index (Phi) is 6.27. The lowest BCUT2D eigenvalue weighted by Crippen LogP contribution is -2.40. The van der Waals surface area contributed by atoms with Gasteiger partial charge < -0.3 is 15.8 Å². The van der Waals surface area contributed by atoms with Gasteiger partial charge in [0.25, 0.3) is 0 Å². The number of nitrogens with zero attached hydrogens (tertiary/aromatic N) is 1. The molecule has 1 atom stereocenters. The summed E-state index contributed by atoms with van der Waals surface area (Å²) >= 11 is 0. The molecular formula is C15H22FN3O4S. The van der Waals surface area contributed by atoms with Crippen molar-refractivity contribution in [1.82, 2.24) is 4.31 Å². The Morgan fingerprint density at radius 3 is 2.71 bits per heavy atom. The van der Waals surface area contributed by atoms with Crippen LogP contribution in [0.2, 0.25) is 0 Å². The average molecular weight is 359 g/mol. The molecule has 134 valence electrons. The van der Waals surface area contributed by atoms with Crippen molar-refractivity contribution in [3.05, 3.63) is 24.0 Å². The number of amides is 1. The molecule has 1 aliphatic heterocycles. The first kappa shape index (κ1) is 18.8. The molecule has 0 aromatic heterocycles. The zero-order chi connectivity index (χ0) is 17.7. The van der Waals surface area contributed by atoms with Crippen molar-refractivity contribution in [2.24, 2.45) is 5.73 Å². The van der Waals surface area contributed by atoms with Gasteiger partial charge in [-0.25, -0.2) is 12.8 Å². The van der Waals surface area contributed by atoms with Crippen LogP contribution < -0.4 is 11.1 Å². The van der Waals surface area contributed by atoms with E-state index in [1.54, 1.807) is 6.92 Å². The molecule has 0 radical (unpaired) electrons. The van der Waals surface area contributed by atoms with E-state index >= 15 is 0 Å². The Labute approximate surface area is 141 Å². The maximum absolute atomic E-state index is 14.0. The van der Waals surface area contributed by atoms with E-state index in [1.165, 1.54) is 10.4 Å². The number of hydrogen-bond donors (Lipinski definition) is 2. The van der Waals surface area contributed by atoms with E-state index < -0.39 is 20.7 Å². The van der Waals surface area contributed by atoms with Crippen LogP contribution in [0.15, 0.2) is 23.1 Å². The molecule has 1 unspecified atom stereocenters. The number of benzene rings is 1. The van der Waals surface area contributed by atoms with Crippen molar-refractivity contribution in [2.45, 2.75) is 30.7 Å². The number of nitrogens with two attached hydrogens (primary N) is 1. The van der Waals surface area contributed by atoms with Gasteiger partial charge in [0.15, 0.2) is 0 Å². The van der Waals surface area contributed by atoms with Crippen molar-refractivity contribution in [3.63, 3.8) is 0 Å². The summed E-state index contributed by atoms with van der Waals surface area (Å²) in [6, 6.07) is 3.40. The lowest BCUT2D eigenvalue weighted by Gasteiger charge is -2.26. The number of nitrogens with one attached hydrogen (secondary N) is 1. The van der Waals surface area contributed by atoms with Crippen LogP contribution in [-0.4, -0.2) is 51.0 Å². The van der Waals surface area contributed by atoms with Gasteiger partial charge in [0, 0.05) is 31.2 Å². The summed E-state index contributed by atoms with van der Waals surface area (Å²) in [6.45, 7) is 2.68. The zero-order valence-corrected chi connectivity index (χ0v) is 14.3. The van der Waals surface area contributed by atoms with Gasteiger partial charge in [0.2, 0.25) is 15.9 Å². The fourth-order valence-corrected chi connectivity index (χ4v) is 3.79. The summed E-state index contributed by atoms with van der Waals surface area (Å²) in [5.74, 6) is -1.15. The van der Waals surface area contributed by atoms with Gasteiger partial charge in [-0.05, 0) is 31.5 Å². The third kappa shape index (κ3) is 4.73. The lowest BCUT2D eigenvalue weighted by atomic mass is 10.2. The fraction of sp³-hybridized carbons (Fsp3) is 0.533. The third-order valence-electron chi connectivity index (χ3n) is 3.63. The molecular weight excluding hydrogens is 337 g/mol. The maximum atomic E-state index is 14.0. The summed E-state index contributed by atoms with van der Waals surface area (Å²) in [5.41, 5.74) is 5.83. The second-order valence-electron chi connectivity index (χ2n) is 5.73. The lowest BCUT2D eigenvalue weighted by molar-refractivity contribution is -0.116. The molecule has 1 amide bonds. The largest absolute Gasteiger partial charge is 0.379 e. The van der Waals surface area contributed by atoms with Crippen LogP contribution in [0.4, 0.5) is 10.1 Å². The maximum Gasteiger partial charge on any atom is 0.246 e. The molecule has 0 bridgehead atoms. The van der Waals surface area contributed by atoms with Crippen LogP contribution in [0.25, 0.3) is 0 Å². The number of halogens is 1. The monoisotopic (exact) mass is 359 g/mol. The predicted molar refractivity (Wildman–Crippen MR) is 87.5 cm³/mol. The fourth-order valence-electron chi connectivity index (χ4n) is 2.29. The van der Waals surface area contributed by atoms with Crippen LogP contribution in [0, 0.1) is 5.82 Å². The highest BCUT2D eigenvalue weighted by molar-refractivity contribution is 7.89. The molecule has 1 aromatic rings. The number of carbonyl (C=O) groups is 1. The van der Waals surface area contributed by atoms with Gasteiger partial charge >= 0.3 is 0 Å². The van der Waals surface area contributed by atoms with Gasteiger partial charge in [-0.3, -0.25) is 4.79 Å². The SMILES string of the molecule is CC(N)CCC(=O)Nc1ccc(F)c(S(=O)(=O)N2CCOCC2)c1. The van der Waals surface area contributed by atoms with Crippen LogP contribution in [0.3, 0.4) is 0 Å². The number of hydrogen-bond acceptors (Lipinski definition) is 5. The predicted octanol–water partition coefficient (Wildman–Crippen LogP) is 0.913. The second kappa shape index (κ2) is 8.02. The molecule has 9 heteroatoms. The molecule has 24 heavy (non-hydrogen) atoms. The molecule has 0 saturated carbocycles. The molecule has 2 rings (SSSR count). The highest BCUT2D eigenvalue weighted by Gasteiger charge is 2.29. The van der Waals surface area contributed by atoms with Crippen molar-refractivity contribution < 1.29 is 22.3 Å². The Balaban J connectivity index is 2.17. The Morgan fingerprint density at radius 1 is 1.42 bits per heavy atom. The van der Waals surface area contributed by atoms with Crippen molar-refractivity contribution >= 4 is 21.6 Å². The molecule has 1 heterocycles. The number of rotatable bonds is 6. The summed E-state index contributed by atoms with van der Waals surface area (Å²) in [4.78, 5) is 11.4. The highest BCUT2D eigenvalue weighted by atomic mass is 32.2. The number of carbonyl (C=O) groups excluding carboxylic acids is 1. The number of ether oxygens (including phenoxy) is 1. The smallest absolute Gasteiger partial charge is 0.246 e. The zero-order valence-electron chi connectivity index (χ0n) is 13.5. The summed E-state index contributed by atoms with van der Waals surface area (Å²) in [7, 11) is -3.97. The molecule has 1 aliphatic rings. The van der Waals surface area contributed by atoms with Crippen LogP contribution in [0.5, 0.6) is 0 Å². The molecule has 7 nitrogen and oxygen atoms in total. The van der Waals surface area contributed by atoms with Gasteiger partial charge in [-0.1, -0.05) is 0 Å². The van der Waals surface area contributed by atoms with Gasteiger partial charge in [-0.2, -0.15) is 4.31 Å². The number of anilines is 1. The van der Waals surface area contributed by atoms with Crippen LogP contribution in [0.1, 0.15) is 19.8 Å². The standard InChI is InChI=1S/C15H22FN3O4S/c1-11(17)2-5-15(20)18-12-3-4-13(16)14(10-12)24(21,22)19-6-8-23-9-7-19/h3-4,10-11H,2,5-9,17H2,1H3,(H,18,20). The van der Waals surface area contributed by atoms with Gasteiger partial charge in [0.1, 0.15) is 10.7 Å². The van der Waals surface area contributed by atoms with E-state index in [0.29, 0.717) is 6.42 Å². The Bertz CT molecular complexity index is 688. The first-order chi connectivity index (χ1) is 11.3. The van der Waals surface area contributed by atoms with Crippen molar-refractivity contribution in [1.29, 1.82) is 0 Å². The van der Waals surface area contributed by atoms with E-state index in [0.717, 1.165) is 12.1 Å². The van der Waals surface area contributed by atoms with E-state index in [2.05, 4.69) is 5.32 Å². The molecule has 1 saturated heterocycles. The van der Waals surface area contributed by atoms with Gasteiger partial charge in [-0.15, -0.1) is 0 Å². The number of morpholine rings is 1. The molecule has 1 fully saturated rings. The molecule has 3 N–H and O–H groups in total. The highest BCUT2D eigenvalue weighted by Crippen LogP contribution is 2.24. The quantitative estimate of drug-likeness (QED) is 0.786. The van der Waals surface area contributed by atoms with Crippen molar-refractivity contribution in [3.8, 4) is 0 Å². The summed E-state index contributed by atoms with van der Waals surface area (Å²) in [6.07, 6.45) is 0.715.